The van der Waals surface area contributed by atoms with Crippen LogP contribution in [0.25, 0.3) is 0 Å². The second kappa shape index (κ2) is 8.02. The predicted octanol–water partition coefficient (Wildman–Crippen LogP) is 3.19. The Morgan fingerprint density at radius 1 is 1.20 bits per heavy atom. The number of rotatable bonds is 4. The molecule has 3 heteroatoms. The lowest BCUT2D eigenvalue weighted by atomic mass is 9.90. The summed E-state index contributed by atoms with van der Waals surface area (Å²) in [5, 5.41) is 3.54. The van der Waals surface area contributed by atoms with Gasteiger partial charge in [-0.3, -0.25) is 4.79 Å². The van der Waals surface area contributed by atoms with Crippen LogP contribution in [0.1, 0.15) is 65.2 Å². The molecule has 116 valence electrons. The Morgan fingerprint density at radius 3 is 2.80 bits per heavy atom. The summed E-state index contributed by atoms with van der Waals surface area (Å²) in [5.74, 6) is 1.88. The monoisotopic (exact) mass is 280 g/mol. The molecule has 3 nitrogen and oxygen atoms in total. The first-order valence-electron chi connectivity index (χ1n) is 8.72. The van der Waals surface area contributed by atoms with Crippen molar-refractivity contribution in [2.24, 2.45) is 11.8 Å². The van der Waals surface area contributed by atoms with E-state index in [0.29, 0.717) is 24.3 Å². The van der Waals surface area contributed by atoms with Crippen LogP contribution in [0.4, 0.5) is 0 Å². The molecule has 2 aliphatic rings. The van der Waals surface area contributed by atoms with Crippen LogP contribution in [0.3, 0.4) is 0 Å². The van der Waals surface area contributed by atoms with Gasteiger partial charge in [0.15, 0.2) is 0 Å². The van der Waals surface area contributed by atoms with Crippen molar-refractivity contribution in [1.82, 2.24) is 10.2 Å². The number of nitrogens with one attached hydrogen (secondary N) is 1. The molecule has 0 aliphatic carbocycles. The van der Waals surface area contributed by atoms with Gasteiger partial charge in [0, 0.05) is 25.6 Å². The second-order valence-electron chi connectivity index (χ2n) is 6.85. The minimum Gasteiger partial charge on any atom is -0.343 e. The number of likely N-dealkylation sites (tertiary alicyclic amines) is 1. The Balaban J connectivity index is 1.79. The first-order valence-corrected chi connectivity index (χ1v) is 8.72. The normalized spacial score (nSPS) is 31.9. The smallest absolute Gasteiger partial charge is 0.224 e. The molecule has 1 amide bonds. The summed E-state index contributed by atoms with van der Waals surface area (Å²) in [6.45, 7) is 7.61. The number of piperidine rings is 1. The number of hydrogen-bond donors (Lipinski definition) is 1. The van der Waals surface area contributed by atoms with Crippen molar-refractivity contribution < 1.29 is 4.79 Å². The van der Waals surface area contributed by atoms with Crippen LogP contribution in [0.15, 0.2) is 0 Å². The van der Waals surface area contributed by atoms with Crippen molar-refractivity contribution in [2.75, 3.05) is 19.6 Å². The Kier molecular flexibility index (Phi) is 6.34. The minimum absolute atomic E-state index is 0.383. The standard InChI is InChI=1S/C17H32N2O/c1-3-6-15-8-5-11-19(12-9-15)17(20)13-16-14(2)7-4-10-18-16/h14-16,18H,3-13H2,1-2H3. The van der Waals surface area contributed by atoms with Gasteiger partial charge in [-0.1, -0.05) is 26.7 Å². The SMILES string of the molecule is CCCC1CCCN(C(=O)CC2NCCCC2C)CC1. The number of amides is 1. The van der Waals surface area contributed by atoms with Gasteiger partial charge in [0.25, 0.3) is 0 Å². The van der Waals surface area contributed by atoms with Gasteiger partial charge >= 0.3 is 0 Å². The summed E-state index contributed by atoms with van der Waals surface area (Å²) in [7, 11) is 0. The lowest BCUT2D eigenvalue weighted by Crippen LogP contribution is -2.44. The Hall–Kier alpha value is -0.570. The van der Waals surface area contributed by atoms with Crippen molar-refractivity contribution in [3.05, 3.63) is 0 Å². The molecule has 3 atom stereocenters. The molecule has 1 N–H and O–H groups in total. The average Bonchev–Trinajstić information content (AvgIpc) is 2.67. The second-order valence-corrected chi connectivity index (χ2v) is 6.85. The molecule has 20 heavy (non-hydrogen) atoms. The molecular formula is C17H32N2O. The molecule has 2 saturated heterocycles. The van der Waals surface area contributed by atoms with Crippen LogP contribution in [0.2, 0.25) is 0 Å². The van der Waals surface area contributed by atoms with Crippen LogP contribution in [0, 0.1) is 11.8 Å². The molecule has 0 radical (unpaired) electrons. The average molecular weight is 280 g/mol. The largest absolute Gasteiger partial charge is 0.343 e. The highest BCUT2D eigenvalue weighted by atomic mass is 16.2. The number of hydrogen-bond acceptors (Lipinski definition) is 2. The van der Waals surface area contributed by atoms with Crippen LogP contribution in [0.5, 0.6) is 0 Å². The zero-order valence-corrected chi connectivity index (χ0v) is 13.4. The number of carbonyl (C=O) groups is 1. The zero-order valence-electron chi connectivity index (χ0n) is 13.4. The number of nitrogens with zero attached hydrogens (tertiary/aromatic N) is 1. The van der Waals surface area contributed by atoms with Gasteiger partial charge in [0.1, 0.15) is 0 Å². The van der Waals surface area contributed by atoms with Gasteiger partial charge in [-0.2, -0.15) is 0 Å². The molecule has 0 aromatic heterocycles. The van der Waals surface area contributed by atoms with Crippen molar-refractivity contribution in [3.8, 4) is 0 Å². The molecule has 0 aromatic carbocycles. The van der Waals surface area contributed by atoms with Crippen LogP contribution in [-0.2, 0) is 4.79 Å². The molecule has 0 aromatic rings. The molecule has 2 rings (SSSR count). The molecular weight excluding hydrogens is 248 g/mol. The minimum atomic E-state index is 0.383. The van der Waals surface area contributed by atoms with Crippen molar-refractivity contribution >= 4 is 5.91 Å². The summed E-state index contributed by atoms with van der Waals surface area (Å²) in [5.41, 5.74) is 0. The lowest BCUT2D eigenvalue weighted by Gasteiger charge is -2.31. The van der Waals surface area contributed by atoms with Crippen LogP contribution < -0.4 is 5.32 Å². The molecule has 0 saturated carbocycles. The van der Waals surface area contributed by atoms with E-state index in [9.17, 15) is 4.79 Å². The van der Waals surface area contributed by atoms with E-state index in [1.807, 2.05) is 0 Å². The Bertz CT molecular complexity index is 305. The molecule has 0 spiro atoms. The Morgan fingerprint density at radius 2 is 2.05 bits per heavy atom. The van der Waals surface area contributed by atoms with Crippen molar-refractivity contribution in [3.63, 3.8) is 0 Å². The highest BCUT2D eigenvalue weighted by molar-refractivity contribution is 5.76. The topological polar surface area (TPSA) is 32.3 Å². The summed E-state index contributed by atoms with van der Waals surface area (Å²) in [6.07, 6.45) is 9.58. The van der Waals surface area contributed by atoms with Gasteiger partial charge in [0.05, 0.1) is 0 Å². The summed E-state index contributed by atoms with van der Waals surface area (Å²) < 4.78 is 0. The summed E-state index contributed by atoms with van der Waals surface area (Å²) in [6, 6.07) is 0.408. The highest BCUT2D eigenvalue weighted by Gasteiger charge is 2.26. The van der Waals surface area contributed by atoms with E-state index in [1.165, 1.54) is 44.9 Å². The van der Waals surface area contributed by atoms with E-state index in [1.54, 1.807) is 0 Å². The molecule has 2 heterocycles. The Labute approximate surface area is 124 Å². The van der Waals surface area contributed by atoms with E-state index >= 15 is 0 Å². The van der Waals surface area contributed by atoms with E-state index in [0.717, 1.165) is 25.6 Å². The zero-order chi connectivity index (χ0) is 14.4. The maximum Gasteiger partial charge on any atom is 0.224 e. The molecule has 2 fully saturated rings. The van der Waals surface area contributed by atoms with E-state index in [-0.39, 0.29) is 0 Å². The van der Waals surface area contributed by atoms with Gasteiger partial charge < -0.3 is 10.2 Å². The number of carbonyl (C=O) groups excluding carboxylic acids is 1. The van der Waals surface area contributed by atoms with E-state index in [2.05, 4.69) is 24.1 Å². The molecule has 3 unspecified atom stereocenters. The third-order valence-corrected chi connectivity index (χ3v) is 5.22. The fraction of sp³-hybridized carbons (Fsp3) is 0.941. The highest BCUT2D eigenvalue weighted by Crippen LogP contribution is 2.23. The van der Waals surface area contributed by atoms with Crippen molar-refractivity contribution in [2.45, 2.75) is 71.3 Å². The lowest BCUT2D eigenvalue weighted by molar-refractivity contribution is -0.132. The van der Waals surface area contributed by atoms with Gasteiger partial charge in [-0.15, -0.1) is 0 Å². The molecule has 2 aliphatic heterocycles. The quantitative estimate of drug-likeness (QED) is 0.857. The maximum absolute atomic E-state index is 12.5. The van der Waals surface area contributed by atoms with E-state index < -0.39 is 0 Å². The third-order valence-electron chi connectivity index (χ3n) is 5.22. The fourth-order valence-electron chi connectivity index (χ4n) is 3.82. The molecule has 0 bridgehead atoms. The predicted molar refractivity (Wildman–Crippen MR) is 83.6 cm³/mol. The van der Waals surface area contributed by atoms with Gasteiger partial charge in [-0.05, 0) is 50.5 Å². The van der Waals surface area contributed by atoms with Gasteiger partial charge in [-0.25, -0.2) is 0 Å². The van der Waals surface area contributed by atoms with Crippen LogP contribution in [-0.4, -0.2) is 36.5 Å². The van der Waals surface area contributed by atoms with Crippen molar-refractivity contribution in [1.29, 1.82) is 0 Å². The first kappa shape index (κ1) is 15.8. The van der Waals surface area contributed by atoms with Gasteiger partial charge in [0.2, 0.25) is 5.91 Å². The first-order chi connectivity index (χ1) is 9.70. The summed E-state index contributed by atoms with van der Waals surface area (Å²) in [4.78, 5) is 14.7. The van der Waals surface area contributed by atoms with Crippen LogP contribution >= 0.6 is 0 Å². The maximum atomic E-state index is 12.5. The van der Waals surface area contributed by atoms with E-state index in [4.69, 9.17) is 0 Å². The summed E-state index contributed by atoms with van der Waals surface area (Å²) >= 11 is 0. The third kappa shape index (κ3) is 4.47. The fourth-order valence-corrected chi connectivity index (χ4v) is 3.82.